The van der Waals surface area contributed by atoms with Crippen LogP contribution < -0.4 is 0 Å². The van der Waals surface area contributed by atoms with Gasteiger partial charge in [-0.3, -0.25) is 4.79 Å². The first-order valence-electron chi connectivity index (χ1n) is 4.82. The van der Waals surface area contributed by atoms with Crippen LogP contribution >= 0.6 is 0 Å². The highest BCUT2D eigenvalue weighted by molar-refractivity contribution is 5.67. The highest BCUT2D eigenvalue weighted by Crippen LogP contribution is 2.21. The van der Waals surface area contributed by atoms with Crippen molar-refractivity contribution < 1.29 is 14.3 Å². The Morgan fingerprint density at radius 3 is 3.00 bits per heavy atom. The van der Waals surface area contributed by atoms with Crippen LogP contribution in [0.2, 0.25) is 0 Å². The Balaban J connectivity index is 2.49. The second-order valence-electron chi connectivity index (χ2n) is 3.54. The van der Waals surface area contributed by atoms with Gasteiger partial charge in [-0.25, -0.2) is 9.07 Å². The molecule has 88 valence electrons. The number of carboxylic acid groups (broad SMARTS) is 1. The maximum atomic E-state index is 13.6. The molecule has 0 saturated carbocycles. The Morgan fingerprint density at radius 2 is 2.29 bits per heavy atom. The minimum Gasteiger partial charge on any atom is -0.480 e. The molecule has 1 aromatic carbocycles. The van der Waals surface area contributed by atoms with Crippen LogP contribution in [0.25, 0.3) is 11.4 Å². The number of nitrogens with zero attached hydrogens (tertiary/aromatic N) is 4. The number of aliphatic carboxylic acids is 1. The van der Waals surface area contributed by atoms with Gasteiger partial charge in [0.2, 0.25) is 0 Å². The van der Waals surface area contributed by atoms with E-state index in [0.717, 1.165) is 10.2 Å². The van der Waals surface area contributed by atoms with E-state index >= 15 is 0 Å². The molecule has 0 bridgehead atoms. The van der Waals surface area contributed by atoms with E-state index < -0.39 is 18.3 Å². The van der Waals surface area contributed by atoms with Crippen LogP contribution in [-0.2, 0) is 11.3 Å². The molecular weight excluding hydrogens is 227 g/mol. The molecule has 1 aromatic heterocycles. The minimum atomic E-state index is -1.09. The van der Waals surface area contributed by atoms with Crippen molar-refractivity contribution in [3.63, 3.8) is 0 Å². The van der Waals surface area contributed by atoms with Crippen LogP contribution in [0.15, 0.2) is 18.2 Å². The molecule has 0 aliphatic heterocycles. The molecule has 17 heavy (non-hydrogen) atoms. The topological polar surface area (TPSA) is 80.9 Å². The number of aryl methyl sites for hydroxylation is 1. The molecule has 0 aliphatic rings. The predicted molar refractivity (Wildman–Crippen MR) is 55.6 cm³/mol. The smallest absolute Gasteiger partial charge is 0.325 e. The van der Waals surface area contributed by atoms with E-state index in [1.54, 1.807) is 19.1 Å². The average molecular weight is 236 g/mol. The third-order valence-electron chi connectivity index (χ3n) is 2.18. The summed E-state index contributed by atoms with van der Waals surface area (Å²) in [7, 11) is 0. The largest absolute Gasteiger partial charge is 0.480 e. The lowest BCUT2D eigenvalue weighted by molar-refractivity contribution is -0.137. The summed E-state index contributed by atoms with van der Waals surface area (Å²) >= 11 is 0. The fraction of sp³-hybridized carbons (Fsp3) is 0.200. The number of aromatic nitrogens is 4. The number of hydrogen-bond donors (Lipinski definition) is 1. The second kappa shape index (κ2) is 4.28. The molecule has 0 aliphatic carbocycles. The van der Waals surface area contributed by atoms with Gasteiger partial charge in [0.15, 0.2) is 5.82 Å². The van der Waals surface area contributed by atoms with Crippen LogP contribution in [0.3, 0.4) is 0 Å². The Bertz CT molecular complexity index is 567. The predicted octanol–water partition coefficient (Wildman–Crippen LogP) is 0.872. The summed E-state index contributed by atoms with van der Waals surface area (Å²) < 4.78 is 14.6. The van der Waals surface area contributed by atoms with E-state index in [1.165, 1.54) is 6.07 Å². The summed E-state index contributed by atoms with van der Waals surface area (Å²) in [6.45, 7) is 1.39. The summed E-state index contributed by atoms with van der Waals surface area (Å²) in [6, 6.07) is 4.48. The van der Waals surface area contributed by atoms with Gasteiger partial charge in [0.1, 0.15) is 12.4 Å². The SMILES string of the molecule is Cc1ccc(F)c(-c2nnnn2CC(=O)O)c1. The molecule has 0 unspecified atom stereocenters. The van der Waals surface area contributed by atoms with Gasteiger partial charge in [-0.2, -0.15) is 0 Å². The zero-order valence-corrected chi connectivity index (χ0v) is 8.96. The number of carboxylic acids is 1. The van der Waals surface area contributed by atoms with Crippen LogP contribution in [0.4, 0.5) is 4.39 Å². The van der Waals surface area contributed by atoms with Gasteiger partial charge in [-0.15, -0.1) is 5.10 Å². The van der Waals surface area contributed by atoms with E-state index in [1.807, 2.05) is 0 Å². The highest BCUT2D eigenvalue weighted by atomic mass is 19.1. The summed E-state index contributed by atoms with van der Waals surface area (Å²) in [5, 5.41) is 19.2. The maximum absolute atomic E-state index is 13.6. The molecule has 2 rings (SSSR count). The van der Waals surface area contributed by atoms with Crippen molar-refractivity contribution in [3.8, 4) is 11.4 Å². The standard InChI is InChI=1S/C10H9FN4O2/c1-6-2-3-8(11)7(4-6)10-12-13-14-15(10)5-9(16)17/h2-4H,5H2,1H3,(H,16,17). The Hall–Kier alpha value is -2.31. The molecule has 0 atom stereocenters. The molecule has 0 radical (unpaired) electrons. The lowest BCUT2D eigenvalue weighted by Crippen LogP contribution is -2.12. The van der Waals surface area contributed by atoms with Crippen molar-refractivity contribution >= 4 is 5.97 Å². The number of tetrazole rings is 1. The van der Waals surface area contributed by atoms with Gasteiger partial charge in [0.25, 0.3) is 0 Å². The lowest BCUT2D eigenvalue weighted by atomic mass is 10.1. The van der Waals surface area contributed by atoms with Gasteiger partial charge < -0.3 is 5.11 Å². The van der Waals surface area contributed by atoms with Crippen molar-refractivity contribution in [1.82, 2.24) is 20.2 Å². The Kier molecular flexibility index (Phi) is 2.82. The molecule has 1 heterocycles. The first kappa shape index (κ1) is 11.2. The van der Waals surface area contributed by atoms with Crippen molar-refractivity contribution in [2.75, 3.05) is 0 Å². The number of rotatable bonds is 3. The molecule has 1 N–H and O–H groups in total. The number of carbonyl (C=O) groups is 1. The quantitative estimate of drug-likeness (QED) is 0.855. The first-order chi connectivity index (χ1) is 8.08. The van der Waals surface area contributed by atoms with Gasteiger partial charge in [0.05, 0.1) is 5.56 Å². The number of benzene rings is 1. The van der Waals surface area contributed by atoms with E-state index in [9.17, 15) is 9.18 Å². The summed E-state index contributed by atoms with van der Waals surface area (Å²) in [6.07, 6.45) is 0. The molecule has 6 nitrogen and oxygen atoms in total. The molecule has 0 spiro atoms. The minimum absolute atomic E-state index is 0.105. The van der Waals surface area contributed by atoms with E-state index in [-0.39, 0.29) is 11.4 Å². The van der Waals surface area contributed by atoms with Gasteiger partial charge in [-0.05, 0) is 29.5 Å². The van der Waals surface area contributed by atoms with Gasteiger partial charge >= 0.3 is 5.97 Å². The fourth-order valence-electron chi connectivity index (χ4n) is 1.44. The third kappa shape index (κ3) is 2.27. The van der Waals surface area contributed by atoms with Crippen LogP contribution in [0.5, 0.6) is 0 Å². The normalized spacial score (nSPS) is 10.5. The second-order valence-corrected chi connectivity index (χ2v) is 3.54. The van der Waals surface area contributed by atoms with Crippen molar-refractivity contribution in [2.24, 2.45) is 0 Å². The number of halogens is 1. The summed E-state index contributed by atoms with van der Waals surface area (Å²) in [4.78, 5) is 10.6. The monoisotopic (exact) mass is 236 g/mol. The van der Waals surface area contributed by atoms with Gasteiger partial charge in [0, 0.05) is 0 Å². The average Bonchev–Trinajstić information content (AvgIpc) is 2.69. The lowest BCUT2D eigenvalue weighted by Gasteiger charge is -2.04. The van der Waals surface area contributed by atoms with Crippen LogP contribution in [-0.4, -0.2) is 31.3 Å². The van der Waals surface area contributed by atoms with Crippen molar-refractivity contribution in [3.05, 3.63) is 29.6 Å². The van der Waals surface area contributed by atoms with Crippen molar-refractivity contribution in [2.45, 2.75) is 13.5 Å². The Labute approximate surface area is 95.7 Å². The molecule has 2 aromatic rings. The van der Waals surface area contributed by atoms with E-state index in [4.69, 9.17) is 5.11 Å². The molecule has 0 amide bonds. The molecular formula is C10H9FN4O2. The zero-order valence-electron chi connectivity index (χ0n) is 8.96. The number of hydrogen-bond acceptors (Lipinski definition) is 4. The summed E-state index contributed by atoms with van der Waals surface area (Å²) in [5.41, 5.74) is 1.03. The Morgan fingerprint density at radius 1 is 1.53 bits per heavy atom. The summed E-state index contributed by atoms with van der Waals surface area (Å²) in [5.74, 6) is -1.47. The maximum Gasteiger partial charge on any atom is 0.325 e. The molecule has 7 heteroatoms. The van der Waals surface area contributed by atoms with E-state index in [0.29, 0.717) is 0 Å². The van der Waals surface area contributed by atoms with Crippen molar-refractivity contribution in [1.29, 1.82) is 0 Å². The molecule has 0 saturated heterocycles. The molecule has 0 fully saturated rings. The fourth-order valence-corrected chi connectivity index (χ4v) is 1.44. The van der Waals surface area contributed by atoms with Crippen LogP contribution in [0.1, 0.15) is 5.56 Å². The van der Waals surface area contributed by atoms with Gasteiger partial charge in [-0.1, -0.05) is 11.6 Å². The van der Waals surface area contributed by atoms with E-state index in [2.05, 4.69) is 15.5 Å². The van der Waals surface area contributed by atoms with Crippen LogP contribution in [0, 0.1) is 12.7 Å². The zero-order chi connectivity index (χ0) is 12.4. The highest BCUT2D eigenvalue weighted by Gasteiger charge is 2.15. The third-order valence-corrected chi connectivity index (χ3v) is 2.18. The first-order valence-corrected chi connectivity index (χ1v) is 4.82.